The van der Waals surface area contributed by atoms with E-state index in [1.165, 1.54) is 17.8 Å². The van der Waals surface area contributed by atoms with Gasteiger partial charge in [0, 0.05) is 24.3 Å². The van der Waals surface area contributed by atoms with Crippen molar-refractivity contribution < 1.29 is 0 Å². The minimum absolute atomic E-state index is 0.224. The molecule has 0 amide bonds. The Labute approximate surface area is 119 Å². The Balaban J connectivity index is 1.88. The minimum Gasteiger partial charge on any atom is -0.383 e. The SMILES string of the molecule is Cn1nc(CSc2nc(N)cc(=O)[nH]2)c2ccccc21. The summed E-state index contributed by atoms with van der Waals surface area (Å²) in [6.45, 7) is 0. The number of aromatic nitrogens is 4. The predicted molar refractivity (Wildman–Crippen MR) is 79.5 cm³/mol. The number of fused-ring (bicyclic) bond motifs is 1. The van der Waals surface area contributed by atoms with Gasteiger partial charge in [-0.25, -0.2) is 4.98 Å². The van der Waals surface area contributed by atoms with Gasteiger partial charge in [0.15, 0.2) is 5.16 Å². The lowest BCUT2D eigenvalue weighted by atomic mass is 10.2. The molecule has 0 aliphatic heterocycles. The number of nitrogens with two attached hydrogens (primary N) is 1. The van der Waals surface area contributed by atoms with Gasteiger partial charge in [-0.2, -0.15) is 5.10 Å². The summed E-state index contributed by atoms with van der Waals surface area (Å²) in [5, 5.41) is 6.10. The number of nitrogens with zero attached hydrogens (tertiary/aromatic N) is 3. The molecule has 3 aromatic rings. The topological polar surface area (TPSA) is 89.6 Å². The quantitative estimate of drug-likeness (QED) is 0.563. The van der Waals surface area contributed by atoms with E-state index >= 15 is 0 Å². The van der Waals surface area contributed by atoms with Crippen LogP contribution in [0.4, 0.5) is 5.82 Å². The predicted octanol–water partition coefficient (Wildman–Crippen LogP) is 1.53. The molecule has 3 rings (SSSR count). The average Bonchev–Trinajstić information content (AvgIpc) is 2.73. The standard InChI is InChI=1S/C13H13N5OS/c1-18-10-5-3-2-4-8(10)9(17-18)7-20-13-15-11(14)6-12(19)16-13/h2-6H,7H2,1H3,(H3,14,15,16,19). The highest BCUT2D eigenvalue weighted by Crippen LogP contribution is 2.24. The third-order valence-electron chi connectivity index (χ3n) is 2.92. The summed E-state index contributed by atoms with van der Waals surface area (Å²) in [5.74, 6) is 0.843. The number of aromatic amines is 1. The van der Waals surface area contributed by atoms with E-state index in [-0.39, 0.29) is 11.4 Å². The highest BCUT2D eigenvalue weighted by molar-refractivity contribution is 7.98. The summed E-state index contributed by atoms with van der Waals surface area (Å²) >= 11 is 1.41. The maximum absolute atomic E-state index is 11.3. The summed E-state index contributed by atoms with van der Waals surface area (Å²) in [4.78, 5) is 18.1. The molecular weight excluding hydrogens is 274 g/mol. The van der Waals surface area contributed by atoms with Crippen LogP contribution in [-0.4, -0.2) is 19.7 Å². The molecule has 6 nitrogen and oxygen atoms in total. The highest BCUT2D eigenvalue weighted by atomic mass is 32.2. The van der Waals surface area contributed by atoms with Crippen molar-refractivity contribution in [2.45, 2.75) is 10.9 Å². The van der Waals surface area contributed by atoms with Gasteiger partial charge in [-0.3, -0.25) is 9.48 Å². The van der Waals surface area contributed by atoms with Crippen LogP contribution in [0, 0.1) is 0 Å². The molecule has 0 saturated carbocycles. The van der Waals surface area contributed by atoms with Crippen molar-refractivity contribution in [2.24, 2.45) is 7.05 Å². The average molecular weight is 287 g/mol. The van der Waals surface area contributed by atoms with E-state index in [2.05, 4.69) is 15.1 Å². The number of hydrogen-bond donors (Lipinski definition) is 2. The van der Waals surface area contributed by atoms with Crippen molar-refractivity contribution in [3.8, 4) is 0 Å². The molecule has 0 radical (unpaired) electrons. The van der Waals surface area contributed by atoms with Crippen LogP contribution in [0.2, 0.25) is 0 Å². The molecule has 102 valence electrons. The first-order valence-electron chi connectivity index (χ1n) is 6.04. The van der Waals surface area contributed by atoms with Gasteiger partial charge in [-0.1, -0.05) is 30.0 Å². The van der Waals surface area contributed by atoms with Gasteiger partial charge in [0.25, 0.3) is 5.56 Å². The first-order valence-corrected chi connectivity index (χ1v) is 7.02. The third kappa shape index (κ3) is 2.39. The fourth-order valence-corrected chi connectivity index (χ4v) is 2.88. The maximum atomic E-state index is 11.3. The molecule has 0 fully saturated rings. The molecule has 20 heavy (non-hydrogen) atoms. The lowest BCUT2D eigenvalue weighted by Gasteiger charge is -2.00. The summed E-state index contributed by atoms with van der Waals surface area (Å²) in [6, 6.07) is 9.29. The van der Waals surface area contributed by atoms with E-state index in [1.807, 2.05) is 36.0 Å². The van der Waals surface area contributed by atoms with Gasteiger partial charge >= 0.3 is 0 Å². The van der Waals surface area contributed by atoms with Gasteiger partial charge in [-0.05, 0) is 6.07 Å². The van der Waals surface area contributed by atoms with Crippen molar-refractivity contribution in [1.82, 2.24) is 19.7 Å². The largest absolute Gasteiger partial charge is 0.383 e. The third-order valence-corrected chi connectivity index (χ3v) is 3.80. The molecule has 0 saturated heterocycles. The lowest BCUT2D eigenvalue weighted by Crippen LogP contribution is -2.09. The maximum Gasteiger partial charge on any atom is 0.253 e. The molecule has 3 N–H and O–H groups in total. The molecule has 2 heterocycles. The summed E-state index contributed by atoms with van der Waals surface area (Å²) in [5.41, 5.74) is 7.35. The summed E-state index contributed by atoms with van der Waals surface area (Å²) in [7, 11) is 1.91. The Hall–Kier alpha value is -2.28. The number of nitrogen functional groups attached to an aromatic ring is 1. The zero-order chi connectivity index (χ0) is 14.1. The van der Waals surface area contributed by atoms with Crippen LogP contribution < -0.4 is 11.3 Å². The number of aryl methyl sites for hydroxylation is 1. The molecule has 0 unspecified atom stereocenters. The van der Waals surface area contributed by atoms with Crippen LogP contribution in [0.1, 0.15) is 5.69 Å². The zero-order valence-electron chi connectivity index (χ0n) is 10.8. The lowest BCUT2D eigenvalue weighted by molar-refractivity contribution is 0.780. The monoisotopic (exact) mass is 287 g/mol. The Morgan fingerprint density at radius 1 is 1.40 bits per heavy atom. The number of H-pyrrole nitrogens is 1. The number of para-hydroxylation sites is 1. The van der Waals surface area contributed by atoms with E-state index < -0.39 is 0 Å². The van der Waals surface area contributed by atoms with E-state index in [1.54, 1.807) is 0 Å². The number of thioether (sulfide) groups is 1. The second-order valence-corrected chi connectivity index (χ2v) is 5.32. The van der Waals surface area contributed by atoms with Gasteiger partial charge in [-0.15, -0.1) is 0 Å². The Morgan fingerprint density at radius 2 is 2.20 bits per heavy atom. The fraction of sp³-hybridized carbons (Fsp3) is 0.154. The summed E-state index contributed by atoms with van der Waals surface area (Å²) < 4.78 is 1.85. The van der Waals surface area contributed by atoms with Crippen molar-refractivity contribution in [1.29, 1.82) is 0 Å². The number of benzene rings is 1. The van der Waals surface area contributed by atoms with Crippen molar-refractivity contribution >= 4 is 28.5 Å². The van der Waals surface area contributed by atoms with Crippen molar-refractivity contribution in [3.63, 3.8) is 0 Å². The van der Waals surface area contributed by atoms with Crippen molar-refractivity contribution in [3.05, 3.63) is 46.4 Å². The van der Waals surface area contributed by atoms with Gasteiger partial charge in [0.1, 0.15) is 5.82 Å². The molecule has 0 aliphatic carbocycles. The molecule has 0 atom stereocenters. The van der Waals surface area contributed by atoms with Crippen LogP contribution in [0.25, 0.3) is 10.9 Å². The van der Waals surface area contributed by atoms with E-state index in [9.17, 15) is 4.79 Å². The van der Waals surface area contributed by atoms with E-state index in [0.29, 0.717) is 10.9 Å². The fourth-order valence-electron chi connectivity index (χ4n) is 2.05. The van der Waals surface area contributed by atoms with E-state index in [4.69, 9.17) is 5.73 Å². The number of nitrogens with one attached hydrogen (secondary N) is 1. The normalized spacial score (nSPS) is 11.1. The van der Waals surface area contributed by atoms with Crippen LogP contribution in [-0.2, 0) is 12.8 Å². The van der Waals surface area contributed by atoms with Crippen LogP contribution in [0.3, 0.4) is 0 Å². The first kappa shape index (κ1) is 12.7. The smallest absolute Gasteiger partial charge is 0.253 e. The second kappa shape index (κ2) is 5.01. The van der Waals surface area contributed by atoms with Crippen LogP contribution in [0.5, 0.6) is 0 Å². The molecule has 0 spiro atoms. The van der Waals surface area contributed by atoms with Gasteiger partial charge in [0.2, 0.25) is 0 Å². The first-order chi connectivity index (χ1) is 9.63. The molecule has 2 aromatic heterocycles. The number of anilines is 1. The number of rotatable bonds is 3. The minimum atomic E-state index is -0.245. The van der Waals surface area contributed by atoms with Crippen molar-refractivity contribution in [2.75, 3.05) is 5.73 Å². The Morgan fingerprint density at radius 3 is 3.00 bits per heavy atom. The molecular formula is C13H13N5OS. The van der Waals surface area contributed by atoms with Crippen LogP contribution in [0.15, 0.2) is 40.3 Å². The second-order valence-electron chi connectivity index (χ2n) is 4.35. The molecule has 7 heteroatoms. The van der Waals surface area contributed by atoms with Crippen LogP contribution >= 0.6 is 11.8 Å². The Bertz CT molecular complexity index is 823. The highest BCUT2D eigenvalue weighted by Gasteiger charge is 2.09. The number of hydrogen-bond acceptors (Lipinski definition) is 5. The summed E-state index contributed by atoms with van der Waals surface area (Å²) in [6.07, 6.45) is 0. The zero-order valence-corrected chi connectivity index (χ0v) is 11.6. The van der Waals surface area contributed by atoms with E-state index in [0.717, 1.165) is 16.6 Å². The molecule has 1 aromatic carbocycles. The molecule has 0 bridgehead atoms. The van der Waals surface area contributed by atoms with Gasteiger partial charge < -0.3 is 10.7 Å². The Kier molecular flexibility index (Phi) is 3.19. The van der Waals surface area contributed by atoms with Gasteiger partial charge in [0.05, 0.1) is 11.2 Å². The molecule has 0 aliphatic rings.